The summed E-state index contributed by atoms with van der Waals surface area (Å²) in [5, 5.41) is 0. The van der Waals surface area contributed by atoms with Crippen LogP contribution in [0, 0.1) is 0 Å². The van der Waals surface area contributed by atoms with Crippen molar-refractivity contribution in [3.63, 3.8) is 0 Å². The van der Waals surface area contributed by atoms with Crippen LogP contribution in [0.2, 0.25) is 0 Å². The minimum Gasteiger partial charge on any atom is -0.495 e. The van der Waals surface area contributed by atoms with Crippen molar-refractivity contribution in [2.45, 2.75) is 37.0 Å². The number of methoxy groups -OCH3 is 1. The summed E-state index contributed by atoms with van der Waals surface area (Å²) in [4.78, 5) is 14.3. The van der Waals surface area contributed by atoms with Crippen LogP contribution < -0.4 is 9.46 Å². The fourth-order valence-corrected chi connectivity index (χ4v) is 3.79. The van der Waals surface area contributed by atoms with Crippen LogP contribution >= 0.6 is 0 Å². The van der Waals surface area contributed by atoms with E-state index in [1.54, 1.807) is 18.2 Å². The summed E-state index contributed by atoms with van der Waals surface area (Å²) >= 11 is 0. The van der Waals surface area contributed by atoms with Gasteiger partial charge in [-0.25, -0.2) is 13.1 Å². The molecule has 1 aromatic carbocycles. The maximum Gasteiger partial charge on any atom is 0.246 e. The van der Waals surface area contributed by atoms with E-state index in [1.165, 1.54) is 32.7 Å². The summed E-state index contributed by atoms with van der Waals surface area (Å²) < 4.78 is 31.6. The van der Waals surface area contributed by atoms with Crippen molar-refractivity contribution in [1.29, 1.82) is 0 Å². The van der Waals surface area contributed by atoms with E-state index in [1.807, 2.05) is 4.90 Å². The van der Waals surface area contributed by atoms with E-state index >= 15 is 0 Å². The molecule has 138 valence electrons. The molecular formula is C18H26N2O4S. The summed E-state index contributed by atoms with van der Waals surface area (Å²) in [6.45, 7) is 1.57. The first-order valence-corrected chi connectivity index (χ1v) is 10.0. The molecule has 1 amide bonds. The molecule has 1 heterocycles. The highest BCUT2D eigenvalue weighted by Crippen LogP contribution is 2.25. The van der Waals surface area contributed by atoms with Gasteiger partial charge in [-0.15, -0.1) is 0 Å². The van der Waals surface area contributed by atoms with E-state index in [2.05, 4.69) is 4.72 Å². The molecule has 2 rings (SSSR count). The Balaban J connectivity index is 2.17. The van der Waals surface area contributed by atoms with Crippen LogP contribution in [0.4, 0.5) is 0 Å². The van der Waals surface area contributed by atoms with Gasteiger partial charge in [0, 0.05) is 19.2 Å². The Hall–Kier alpha value is -1.86. The molecule has 0 aliphatic carbocycles. The van der Waals surface area contributed by atoms with E-state index in [9.17, 15) is 13.2 Å². The van der Waals surface area contributed by atoms with Gasteiger partial charge in [-0.3, -0.25) is 4.79 Å². The highest BCUT2D eigenvalue weighted by molar-refractivity contribution is 7.89. The van der Waals surface area contributed by atoms with Crippen LogP contribution in [0.1, 0.15) is 37.7 Å². The van der Waals surface area contributed by atoms with Gasteiger partial charge in [0.25, 0.3) is 0 Å². The molecular weight excluding hydrogens is 340 g/mol. The maximum atomic E-state index is 12.4. The molecule has 1 saturated heterocycles. The van der Waals surface area contributed by atoms with Crippen LogP contribution in [0.5, 0.6) is 5.75 Å². The van der Waals surface area contributed by atoms with Crippen molar-refractivity contribution < 1.29 is 17.9 Å². The molecule has 1 N–H and O–H groups in total. The standard InChI is InChI=1S/C18H26N2O4S/c1-19-25(22,23)17-14-15(8-10-16(17)24-2)9-11-18(21)20-12-6-4-3-5-7-13-20/h8-11,14,19H,3-7,12-13H2,1-2H3/b11-9-. The van der Waals surface area contributed by atoms with Gasteiger partial charge in [0.15, 0.2) is 0 Å². The lowest BCUT2D eigenvalue weighted by atomic mass is 10.1. The summed E-state index contributed by atoms with van der Waals surface area (Å²) in [5.41, 5.74) is 0.634. The zero-order chi connectivity index (χ0) is 18.3. The molecule has 0 atom stereocenters. The first-order chi connectivity index (χ1) is 12.0. The van der Waals surface area contributed by atoms with Crippen LogP contribution in [0.25, 0.3) is 6.08 Å². The van der Waals surface area contributed by atoms with Gasteiger partial charge >= 0.3 is 0 Å². The predicted octanol–water partition coefficient (Wildman–Crippen LogP) is 2.41. The number of hydrogen-bond acceptors (Lipinski definition) is 4. The van der Waals surface area contributed by atoms with E-state index in [-0.39, 0.29) is 16.6 Å². The largest absolute Gasteiger partial charge is 0.495 e. The molecule has 0 bridgehead atoms. The van der Waals surface area contributed by atoms with Crippen LogP contribution in [0.3, 0.4) is 0 Å². The average Bonchev–Trinajstić information content (AvgIpc) is 2.59. The fourth-order valence-electron chi connectivity index (χ4n) is 2.86. The highest BCUT2D eigenvalue weighted by Gasteiger charge is 2.18. The molecule has 7 heteroatoms. The first kappa shape index (κ1) is 19.5. The summed E-state index contributed by atoms with van der Waals surface area (Å²) in [6, 6.07) is 4.82. The van der Waals surface area contributed by atoms with E-state index in [0.717, 1.165) is 38.8 Å². The molecule has 0 aromatic heterocycles. The quantitative estimate of drug-likeness (QED) is 0.812. The van der Waals surface area contributed by atoms with Gasteiger partial charge in [0.1, 0.15) is 10.6 Å². The third-order valence-corrected chi connectivity index (χ3v) is 5.77. The molecule has 1 aromatic rings. The smallest absolute Gasteiger partial charge is 0.246 e. The summed E-state index contributed by atoms with van der Waals surface area (Å²) in [5.74, 6) is 0.234. The Kier molecular flexibility index (Phi) is 7.01. The Morgan fingerprint density at radius 3 is 2.40 bits per heavy atom. The highest BCUT2D eigenvalue weighted by atomic mass is 32.2. The zero-order valence-electron chi connectivity index (χ0n) is 14.8. The van der Waals surface area contributed by atoms with E-state index in [4.69, 9.17) is 4.74 Å². The van der Waals surface area contributed by atoms with Gasteiger partial charge in [0.2, 0.25) is 15.9 Å². The normalized spacial score (nSPS) is 16.5. The fraction of sp³-hybridized carbons (Fsp3) is 0.500. The zero-order valence-corrected chi connectivity index (χ0v) is 15.6. The lowest BCUT2D eigenvalue weighted by Crippen LogP contribution is -2.32. The topological polar surface area (TPSA) is 75.7 Å². The molecule has 0 unspecified atom stereocenters. The molecule has 0 spiro atoms. The first-order valence-electron chi connectivity index (χ1n) is 8.56. The van der Waals surface area contributed by atoms with Gasteiger partial charge in [0.05, 0.1) is 7.11 Å². The second-order valence-electron chi connectivity index (χ2n) is 6.04. The van der Waals surface area contributed by atoms with Crippen molar-refractivity contribution in [1.82, 2.24) is 9.62 Å². The number of likely N-dealkylation sites (tertiary alicyclic amines) is 1. The number of carbonyl (C=O) groups excluding carboxylic acids is 1. The number of hydrogen-bond donors (Lipinski definition) is 1. The van der Waals surface area contributed by atoms with Crippen LogP contribution in [0.15, 0.2) is 29.2 Å². The number of amides is 1. The Morgan fingerprint density at radius 1 is 1.16 bits per heavy atom. The van der Waals surface area contributed by atoms with Crippen molar-refractivity contribution >= 4 is 22.0 Å². The van der Waals surface area contributed by atoms with Crippen LogP contribution in [-0.4, -0.2) is 46.5 Å². The van der Waals surface area contributed by atoms with Crippen molar-refractivity contribution in [2.75, 3.05) is 27.2 Å². The number of nitrogens with one attached hydrogen (secondary N) is 1. The monoisotopic (exact) mass is 366 g/mol. The molecule has 1 aliphatic heterocycles. The number of rotatable bonds is 5. The van der Waals surface area contributed by atoms with E-state index in [0.29, 0.717) is 5.56 Å². The molecule has 6 nitrogen and oxygen atoms in total. The number of sulfonamides is 1. The van der Waals surface area contributed by atoms with Crippen molar-refractivity contribution in [2.24, 2.45) is 0 Å². The molecule has 1 fully saturated rings. The summed E-state index contributed by atoms with van der Waals surface area (Å²) in [7, 11) is -0.864. The second-order valence-corrected chi connectivity index (χ2v) is 7.90. The second kappa shape index (κ2) is 9.01. The molecule has 0 saturated carbocycles. The lowest BCUT2D eigenvalue weighted by molar-refractivity contribution is -0.126. The number of nitrogens with zero attached hydrogens (tertiary/aromatic N) is 1. The Bertz CT molecular complexity index is 721. The Morgan fingerprint density at radius 2 is 1.80 bits per heavy atom. The number of carbonyl (C=O) groups is 1. The minimum absolute atomic E-state index is 0.0317. The number of benzene rings is 1. The predicted molar refractivity (Wildman–Crippen MR) is 97.9 cm³/mol. The Labute approximate surface area is 149 Å². The van der Waals surface area contributed by atoms with Gasteiger partial charge < -0.3 is 9.64 Å². The van der Waals surface area contributed by atoms with Crippen LogP contribution in [-0.2, 0) is 14.8 Å². The third-order valence-electron chi connectivity index (χ3n) is 4.33. The molecule has 1 aliphatic rings. The molecule has 0 radical (unpaired) electrons. The van der Waals surface area contributed by atoms with E-state index < -0.39 is 10.0 Å². The summed E-state index contributed by atoms with van der Waals surface area (Å²) in [6.07, 6.45) is 8.80. The van der Waals surface area contributed by atoms with Gasteiger partial charge in [-0.1, -0.05) is 25.3 Å². The maximum absolute atomic E-state index is 12.4. The van der Waals surface area contributed by atoms with Gasteiger partial charge in [-0.2, -0.15) is 0 Å². The third kappa shape index (κ3) is 5.31. The van der Waals surface area contributed by atoms with Crippen molar-refractivity contribution in [3.05, 3.63) is 29.8 Å². The number of ether oxygens (including phenoxy) is 1. The molecule has 25 heavy (non-hydrogen) atoms. The lowest BCUT2D eigenvalue weighted by Gasteiger charge is -2.23. The SMILES string of the molecule is CNS(=O)(=O)c1cc(/C=C\C(=O)N2CCCCCCC2)ccc1OC. The van der Waals surface area contributed by atoms with Crippen molar-refractivity contribution in [3.8, 4) is 5.75 Å². The minimum atomic E-state index is -3.64. The average molecular weight is 366 g/mol. The van der Waals surface area contributed by atoms with Gasteiger partial charge in [-0.05, 0) is 43.7 Å².